The summed E-state index contributed by atoms with van der Waals surface area (Å²) in [5, 5.41) is 12.5. The van der Waals surface area contributed by atoms with Crippen LogP contribution in [0.15, 0.2) is 46.0 Å². The van der Waals surface area contributed by atoms with Crippen molar-refractivity contribution in [3.05, 3.63) is 52.2 Å². The lowest BCUT2D eigenvalue weighted by atomic mass is 10.2. The van der Waals surface area contributed by atoms with E-state index in [0.29, 0.717) is 12.0 Å². The van der Waals surface area contributed by atoms with E-state index in [1.54, 1.807) is 23.5 Å². The molecule has 0 unspecified atom stereocenters. The second-order valence-corrected chi connectivity index (χ2v) is 7.30. The van der Waals surface area contributed by atoms with Gasteiger partial charge in [0, 0.05) is 0 Å². The number of carbonyl (C=O) groups is 1. The van der Waals surface area contributed by atoms with Crippen molar-refractivity contribution in [3.8, 4) is 0 Å². The molecule has 1 N–H and O–H groups in total. The van der Waals surface area contributed by atoms with Gasteiger partial charge < -0.3 is 5.11 Å². The number of benzene rings is 1. The number of carboxylic acids is 1. The number of sulfone groups is 1. The average molecular weight is 310 g/mol. The average Bonchev–Trinajstić information content (AvgIpc) is 2.89. The van der Waals surface area contributed by atoms with Gasteiger partial charge in [0.2, 0.25) is 0 Å². The van der Waals surface area contributed by atoms with Gasteiger partial charge in [0.1, 0.15) is 0 Å². The second-order valence-electron chi connectivity index (χ2n) is 4.41. The van der Waals surface area contributed by atoms with Crippen LogP contribution in [0.4, 0.5) is 0 Å². The number of hydrogen-bond donors (Lipinski definition) is 1. The summed E-state index contributed by atoms with van der Waals surface area (Å²) in [7, 11) is -3.32. The molecule has 6 heteroatoms. The Kier molecular flexibility index (Phi) is 4.57. The highest BCUT2D eigenvalue weighted by molar-refractivity contribution is 7.91. The van der Waals surface area contributed by atoms with Gasteiger partial charge in [-0.3, -0.25) is 4.79 Å². The van der Waals surface area contributed by atoms with Crippen LogP contribution in [-0.2, 0) is 27.5 Å². The summed E-state index contributed by atoms with van der Waals surface area (Å²) in [5.74, 6) is -0.875. The predicted octanol–water partition coefficient (Wildman–Crippen LogP) is 2.39. The molecule has 0 saturated carbocycles. The summed E-state index contributed by atoms with van der Waals surface area (Å²) in [6, 6.07) is 7.95. The van der Waals surface area contributed by atoms with Gasteiger partial charge in [-0.2, -0.15) is 11.3 Å². The van der Waals surface area contributed by atoms with Gasteiger partial charge in [-0.1, -0.05) is 12.1 Å². The third-order valence-electron chi connectivity index (χ3n) is 2.88. The summed E-state index contributed by atoms with van der Waals surface area (Å²) >= 11 is 1.54. The van der Waals surface area contributed by atoms with E-state index in [1.807, 2.05) is 16.8 Å². The Bertz CT molecular complexity index is 670. The maximum atomic E-state index is 12.1. The van der Waals surface area contributed by atoms with Crippen LogP contribution in [0.5, 0.6) is 0 Å². The molecule has 0 radical (unpaired) electrons. The first-order valence-corrected chi connectivity index (χ1v) is 8.61. The molecule has 0 bridgehead atoms. The molecule has 0 spiro atoms. The van der Waals surface area contributed by atoms with Crippen molar-refractivity contribution in [2.24, 2.45) is 0 Å². The van der Waals surface area contributed by atoms with Gasteiger partial charge in [0.15, 0.2) is 9.84 Å². The zero-order valence-corrected chi connectivity index (χ0v) is 12.3. The fourth-order valence-electron chi connectivity index (χ4n) is 1.79. The quantitative estimate of drug-likeness (QED) is 0.889. The van der Waals surface area contributed by atoms with E-state index in [4.69, 9.17) is 5.11 Å². The van der Waals surface area contributed by atoms with Crippen molar-refractivity contribution >= 4 is 27.1 Å². The summed E-state index contributed by atoms with van der Waals surface area (Å²) in [5.41, 5.74) is 1.61. The molecular weight excluding hydrogens is 296 g/mol. The molecule has 0 saturated heterocycles. The molecule has 1 aromatic heterocycles. The van der Waals surface area contributed by atoms with Crippen LogP contribution in [0.3, 0.4) is 0 Å². The summed E-state index contributed by atoms with van der Waals surface area (Å²) in [6.45, 7) is 0. The first-order valence-electron chi connectivity index (χ1n) is 6.02. The Hall–Kier alpha value is -1.66. The monoisotopic (exact) mass is 310 g/mol. The Balaban J connectivity index is 2.07. The van der Waals surface area contributed by atoms with E-state index < -0.39 is 15.8 Å². The van der Waals surface area contributed by atoms with Crippen molar-refractivity contribution in [2.75, 3.05) is 5.75 Å². The zero-order valence-electron chi connectivity index (χ0n) is 10.7. The SMILES string of the molecule is O=C(O)Cc1ccc(S(=O)(=O)CCc2ccsc2)cc1. The van der Waals surface area contributed by atoms with Crippen LogP contribution >= 0.6 is 11.3 Å². The van der Waals surface area contributed by atoms with Crippen molar-refractivity contribution in [1.29, 1.82) is 0 Å². The molecule has 0 aliphatic carbocycles. The van der Waals surface area contributed by atoms with E-state index in [2.05, 4.69) is 0 Å². The number of rotatable bonds is 6. The normalized spacial score (nSPS) is 11.4. The lowest BCUT2D eigenvalue weighted by Gasteiger charge is -2.05. The molecule has 2 rings (SSSR count). The highest BCUT2D eigenvalue weighted by Crippen LogP contribution is 2.15. The molecule has 106 valence electrons. The third-order valence-corrected chi connectivity index (χ3v) is 5.34. The first-order chi connectivity index (χ1) is 9.47. The fourth-order valence-corrected chi connectivity index (χ4v) is 3.79. The van der Waals surface area contributed by atoms with E-state index in [9.17, 15) is 13.2 Å². The predicted molar refractivity (Wildman–Crippen MR) is 77.9 cm³/mol. The van der Waals surface area contributed by atoms with Gasteiger partial charge in [0.05, 0.1) is 17.1 Å². The topological polar surface area (TPSA) is 71.4 Å². The summed E-state index contributed by atoms with van der Waals surface area (Å²) in [4.78, 5) is 10.8. The molecule has 0 amide bonds. The van der Waals surface area contributed by atoms with E-state index >= 15 is 0 Å². The van der Waals surface area contributed by atoms with Crippen LogP contribution in [0.1, 0.15) is 11.1 Å². The van der Waals surface area contributed by atoms with E-state index in [1.165, 1.54) is 12.1 Å². The Morgan fingerprint density at radius 1 is 1.10 bits per heavy atom. The minimum Gasteiger partial charge on any atom is -0.481 e. The number of aryl methyl sites for hydroxylation is 1. The van der Waals surface area contributed by atoms with Crippen molar-refractivity contribution in [3.63, 3.8) is 0 Å². The minimum atomic E-state index is -3.32. The molecule has 1 aromatic carbocycles. The van der Waals surface area contributed by atoms with Gasteiger partial charge in [-0.15, -0.1) is 0 Å². The first kappa shape index (κ1) is 14.7. The summed E-state index contributed by atoms with van der Waals surface area (Å²) < 4.78 is 24.3. The molecule has 2 aromatic rings. The highest BCUT2D eigenvalue weighted by atomic mass is 32.2. The number of hydrogen-bond acceptors (Lipinski definition) is 4. The molecular formula is C14H14O4S2. The summed E-state index contributed by atoms with van der Waals surface area (Å²) in [6.07, 6.45) is 0.387. The molecule has 0 aliphatic rings. The van der Waals surface area contributed by atoms with Crippen LogP contribution < -0.4 is 0 Å². The number of carboxylic acid groups (broad SMARTS) is 1. The largest absolute Gasteiger partial charge is 0.481 e. The van der Waals surface area contributed by atoms with Crippen LogP contribution in [0, 0.1) is 0 Å². The Morgan fingerprint density at radius 2 is 1.80 bits per heavy atom. The lowest BCUT2D eigenvalue weighted by molar-refractivity contribution is -0.136. The maximum Gasteiger partial charge on any atom is 0.307 e. The maximum absolute atomic E-state index is 12.1. The third kappa shape index (κ3) is 3.91. The minimum absolute atomic E-state index is 0.0576. The number of aliphatic carboxylic acids is 1. The zero-order chi connectivity index (χ0) is 14.6. The lowest BCUT2D eigenvalue weighted by Crippen LogP contribution is -2.09. The fraction of sp³-hybridized carbons (Fsp3) is 0.214. The van der Waals surface area contributed by atoms with Gasteiger partial charge >= 0.3 is 5.97 Å². The molecule has 0 atom stereocenters. The second kappa shape index (κ2) is 6.19. The van der Waals surface area contributed by atoms with Crippen molar-refractivity contribution in [1.82, 2.24) is 0 Å². The Morgan fingerprint density at radius 3 is 2.35 bits per heavy atom. The van der Waals surface area contributed by atoms with Crippen molar-refractivity contribution in [2.45, 2.75) is 17.7 Å². The van der Waals surface area contributed by atoms with E-state index in [-0.39, 0.29) is 17.1 Å². The van der Waals surface area contributed by atoms with Crippen LogP contribution in [0.25, 0.3) is 0 Å². The Labute approximate surface area is 121 Å². The smallest absolute Gasteiger partial charge is 0.307 e. The molecule has 0 fully saturated rings. The van der Waals surface area contributed by atoms with Gasteiger partial charge in [-0.25, -0.2) is 8.42 Å². The standard InChI is InChI=1S/C14H14O4S2/c15-14(16)9-11-1-3-13(4-2-11)20(17,18)8-6-12-5-7-19-10-12/h1-5,7,10H,6,8-9H2,(H,15,16). The van der Waals surface area contributed by atoms with Gasteiger partial charge in [0.25, 0.3) is 0 Å². The highest BCUT2D eigenvalue weighted by Gasteiger charge is 2.14. The molecule has 20 heavy (non-hydrogen) atoms. The molecule has 4 nitrogen and oxygen atoms in total. The molecule has 0 aliphatic heterocycles. The number of thiophene rings is 1. The van der Waals surface area contributed by atoms with Crippen LogP contribution in [0.2, 0.25) is 0 Å². The van der Waals surface area contributed by atoms with Crippen molar-refractivity contribution < 1.29 is 18.3 Å². The molecule has 1 heterocycles. The van der Waals surface area contributed by atoms with Gasteiger partial charge in [-0.05, 0) is 46.5 Å². The van der Waals surface area contributed by atoms with Crippen LogP contribution in [-0.4, -0.2) is 25.2 Å². The van der Waals surface area contributed by atoms with E-state index in [0.717, 1.165) is 5.56 Å².